The van der Waals surface area contributed by atoms with Crippen molar-refractivity contribution < 1.29 is 0 Å². The van der Waals surface area contributed by atoms with Gasteiger partial charge in [-0.1, -0.05) is 6.07 Å². The molecule has 84 valence electrons. The number of aromatic nitrogens is 1. The summed E-state index contributed by atoms with van der Waals surface area (Å²) in [5.41, 5.74) is 0. The Kier molecular flexibility index (Phi) is 5.36. The first-order valence-corrected chi connectivity index (χ1v) is 5.74. The molecule has 2 rings (SSSR count). The Balaban J connectivity index is 0.00000112. The Morgan fingerprint density at radius 3 is 2.73 bits per heavy atom. The van der Waals surface area contributed by atoms with Crippen LogP contribution in [0.15, 0.2) is 22.8 Å². The fraction of sp³-hybridized carbons (Fsp3) is 0.500. The van der Waals surface area contributed by atoms with Gasteiger partial charge in [0.05, 0.1) is 0 Å². The van der Waals surface area contributed by atoms with Crippen LogP contribution >= 0.6 is 28.3 Å². The third-order valence-electron chi connectivity index (χ3n) is 2.41. The number of anilines is 1. The van der Waals surface area contributed by atoms with E-state index in [0.717, 1.165) is 23.5 Å². The molecule has 1 aliphatic rings. The zero-order chi connectivity index (χ0) is 9.80. The predicted molar refractivity (Wildman–Crippen MR) is 68.7 cm³/mol. The van der Waals surface area contributed by atoms with E-state index in [1.165, 1.54) is 12.8 Å². The zero-order valence-corrected chi connectivity index (χ0v) is 10.8. The minimum Gasteiger partial charge on any atom is -0.367 e. The molecule has 0 aliphatic carbocycles. The van der Waals surface area contributed by atoms with Gasteiger partial charge in [0.25, 0.3) is 0 Å². The van der Waals surface area contributed by atoms with Gasteiger partial charge in [-0.25, -0.2) is 4.98 Å². The van der Waals surface area contributed by atoms with Gasteiger partial charge < -0.3 is 10.6 Å². The number of hydrogen-bond donors (Lipinski definition) is 2. The number of nitrogens with zero attached hydrogens (tertiary/aromatic N) is 1. The van der Waals surface area contributed by atoms with Crippen molar-refractivity contribution in [2.24, 2.45) is 0 Å². The molecule has 0 bridgehead atoms. The van der Waals surface area contributed by atoms with Gasteiger partial charge in [0, 0.05) is 6.04 Å². The van der Waals surface area contributed by atoms with E-state index in [1.54, 1.807) is 0 Å². The summed E-state index contributed by atoms with van der Waals surface area (Å²) in [5, 5.41) is 6.78. The second-order valence-corrected chi connectivity index (χ2v) is 4.33. The lowest BCUT2D eigenvalue weighted by Gasteiger charge is -2.24. The van der Waals surface area contributed by atoms with Crippen LogP contribution in [0.25, 0.3) is 0 Å². The van der Waals surface area contributed by atoms with E-state index in [9.17, 15) is 0 Å². The summed E-state index contributed by atoms with van der Waals surface area (Å²) in [4.78, 5) is 4.35. The molecule has 1 aliphatic heterocycles. The second-order valence-electron chi connectivity index (χ2n) is 3.51. The van der Waals surface area contributed by atoms with Crippen molar-refractivity contribution in [3.05, 3.63) is 22.8 Å². The number of halogens is 2. The van der Waals surface area contributed by atoms with E-state index in [-0.39, 0.29) is 12.4 Å². The first-order chi connectivity index (χ1) is 6.84. The molecule has 0 aromatic carbocycles. The molecule has 15 heavy (non-hydrogen) atoms. The molecule has 2 N–H and O–H groups in total. The molecule has 1 saturated heterocycles. The summed E-state index contributed by atoms with van der Waals surface area (Å²) in [6.07, 6.45) is 2.35. The lowest BCUT2D eigenvalue weighted by atomic mass is 10.1. The first-order valence-electron chi connectivity index (χ1n) is 4.94. The Labute approximate surface area is 105 Å². The molecule has 0 saturated carbocycles. The molecule has 2 heterocycles. The molecule has 0 radical (unpaired) electrons. The highest BCUT2D eigenvalue weighted by atomic mass is 79.9. The summed E-state index contributed by atoms with van der Waals surface area (Å²) in [7, 11) is 0. The highest BCUT2D eigenvalue weighted by molar-refractivity contribution is 9.10. The summed E-state index contributed by atoms with van der Waals surface area (Å²) >= 11 is 3.36. The fourth-order valence-electron chi connectivity index (χ4n) is 1.66. The van der Waals surface area contributed by atoms with Crippen LogP contribution < -0.4 is 10.6 Å². The molecule has 3 nitrogen and oxygen atoms in total. The Morgan fingerprint density at radius 1 is 1.33 bits per heavy atom. The van der Waals surface area contributed by atoms with Crippen LogP contribution in [0, 0.1) is 0 Å². The summed E-state index contributed by atoms with van der Waals surface area (Å²) in [5.74, 6) is 0.964. The number of pyridine rings is 1. The predicted octanol–water partition coefficient (Wildman–Crippen LogP) is 2.43. The summed E-state index contributed by atoms with van der Waals surface area (Å²) < 4.78 is 0.886. The molecule has 1 aromatic heterocycles. The number of piperidine rings is 1. The number of hydrogen-bond acceptors (Lipinski definition) is 3. The first kappa shape index (κ1) is 12.7. The molecular formula is C10H15BrClN3. The Morgan fingerprint density at radius 2 is 2.07 bits per heavy atom. The van der Waals surface area contributed by atoms with Gasteiger partial charge in [-0.05, 0) is 54.0 Å². The van der Waals surface area contributed by atoms with Crippen LogP contribution in [0.5, 0.6) is 0 Å². The maximum atomic E-state index is 4.35. The molecule has 0 atom stereocenters. The van der Waals surface area contributed by atoms with E-state index in [1.807, 2.05) is 18.2 Å². The Bertz CT molecular complexity index is 302. The number of nitrogens with one attached hydrogen (secondary N) is 2. The van der Waals surface area contributed by atoms with Gasteiger partial charge in [-0.3, -0.25) is 0 Å². The molecule has 0 amide bonds. The van der Waals surface area contributed by atoms with Crippen LogP contribution in [0.1, 0.15) is 12.8 Å². The molecule has 1 fully saturated rings. The van der Waals surface area contributed by atoms with E-state index in [0.29, 0.717) is 6.04 Å². The van der Waals surface area contributed by atoms with E-state index < -0.39 is 0 Å². The minimum atomic E-state index is 0. The number of rotatable bonds is 2. The summed E-state index contributed by atoms with van der Waals surface area (Å²) in [6, 6.07) is 6.51. The maximum absolute atomic E-state index is 4.35. The van der Waals surface area contributed by atoms with E-state index >= 15 is 0 Å². The third-order valence-corrected chi connectivity index (χ3v) is 2.85. The SMILES string of the molecule is Brc1cccc(NC2CCNCC2)n1.Cl. The highest BCUT2D eigenvalue weighted by Crippen LogP contribution is 2.14. The van der Waals surface area contributed by atoms with Crippen molar-refractivity contribution in [1.82, 2.24) is 10.3 Å². The van der Waals surface area contributed by atoms with Gasteiger partial charge in [0.15, 0.2) is 0 Å². The van der Waals surface area contributed by atoms with Gasteiger partial charge in [0.2, 0.25) is 0 Å². The largest absolute Gasteiger partial charge is 0.367 e. The summed E-state index contributed by atoms with van der Waals surface area (Å²) in [6.45, 7) is 2.21. The lowest BCUT2D eigenvalue weighted by molar-refractivity contribution is 0.478. The molecule has 5 heteroatoms. The van der Waals surface area contributed by atoms with Gasteiger partial charge in [-0.2, -0.15) is 0 Å². The van der Waals surface area contributed by atoms with Crippen molar-refractivity contribution in [2.45, 2.75) is 18.9 Å². The lowest BCUT2D eigenvalue weighted by Crippen LogP contribution is -2.35. The average Bonchev–Trinajstić information content (AvgIpc) is 2.19. The van der Waals surface area contributed by atoms with Crippen LogP contribution in [0.3, 0.4) is 0 Å². The topological polar surface area (TPSA) is 37.0 Å². The van der Waals surface area contributed by atoms with Crippen molar-refractivity contribution in [1.29, 1.82) is 0 Å². The monoisotopic (exact) mass is 291 g/mol. The van der Waals surface area contributed by atoms with Crippen molar-refractivity contribution in [3.63, 3.8) is 0 Å². The smallest absolute Gasteiger partial charge is 0.127 e. The molecule has 0 spiro atoms. The van der Waals surface area contributed by atoms with Crippen molar-refractivity contribution in [3.8, 4) is 0 Å². The molecular weight excluding hydrogens is 277 g/mol. The normalized spacial score (nSPS) is 16.9. The quantitative estimate of drug-likeness (QED) is 0.822. The molecule has 1 aromatic rings. The standard InChI is InChI=1S/C10H14BrN3.ClH/c11-9-2-1-3-10(14-9)13-8-4-6-12-7-5-8;/h1-3,8,12H,4-7H2,(H,13,14);1H. The fourth-order valence-corrected chi connectivity index (χ4v) is 2.01. The van der Waals surface area contributed by atoms with Crippen LogP contribution in [0.4, 0.5) is 5.82 Å². The second kappa shape index (κ2) is 6.30. The Hall–Kier alpha value is -0.320. The van der Waals surface area contributed by atoms with Crippen LogP contribution in [0.2, 0.25) is 0 Å². The minimum absolute atomic E-state index is 0. The average molecular weight is 293 g/mol. The van der Waals surface area contributed by atoms with Crippen molar-refractivity contribution in [2.75, 3.05) is 18.4 Å². The highest BCUT2D eigenvalue weighted by Gasteiger charge is 2.12. The molecule has 0 unspecified atom stereocenters. The van der Waals surface area contributed by atoms with Crippen LogP contribution in [-0.2, 0) is 0 Å². The van der Waals surface area contributed by atoms with Crippen LogP contribution in [-0.4, -0.2) is 24.1 Å². The van der Waals surface area contributed by atoms with Gasteiger partial charge in [0.1, 0.15) is 10.4 Å². The third kappa shape index (κ3) is 3.97. The maximum Gasteiger partial charge on any atom is 0.127 e. The van der Waals surface area contributed by atoms with Crippen molar-refractivity contribution >= 4 is 34.2 Å². The van der Waals surface area contributed by atoms with E-state index in [4.69, 9.17) is 0 Å². The van der Waals surface area contributed by atoms with Gasteiger partial charge >= 0.3 is 0 Å². The zero-order valence-electron chi connectivity index (χ0n) is 8.37. The van der Waals surface area contributed by atoms with E-state index in [2.05, 4.69) is 31.5 Å². The van der Waals surface area contributed by atoms with Gasteiger partial charge in [-0.15, -0.1) is 12.4 Å².